The van der Waals surface area contributed by atoms with E-state index >= 15 is 0 Å². The summed E-state index contributed by atoms with van der Waals surface area (Å²) in [6.45, 7) is 4.15. The first-order valence-corrected chi connectivity index (χ1v) is 8.99. The average Bonchev–Trinajstić information content (AvgIpc) is 2.59. The van der Waals surface area contributed by atoms with E-state index in [1.54, 1.807) is 0 Å². The molecule has 0 spiro atoms. The summed E-state index contributed by atoms with van der Waals surface area (Å²) in [6.07, 6.45) is 2.55. The molecule has 3 N–H and O–H groups in total. The van der Waals surface area contributed by atoms with Crippen LogP contribution in [0.2, 0.25) is 5.02 Å². The fourth-order valence-electron chi connectivity index (χ4n) is 3.76. The van der Waals surface area contributed by atoms with Crippen LogP contribution in [0.15, 0.2) is 24.3 Å². The summed E-state index contributed by atoms with van der Waals surface area (Å²) in [4.78, 5) is 12.7. The molecule has 0 unspecified atom stereocenters. The predicted octanol–water partition coefficient (Wildman–Crippen LogP) is 3.70. The Hall–Kier alpha value is -1.30. The molecule has 1 aliphatic rings. The zero-order chi connectivity index (χ0) is 17.6. The number of hydrogen-bond donors (Lipinski definition) is 2. The van der Waals surface area contributed by atoms with Crippen molar-refractivity contribution in [2.45, 2.75) is 38.2 Å². The standard InChI is InChI=1S/C18H27ClN2O3/c1-2-8-18(24-12-9-20,15-4-3-5-16(19)13-15)14-6-10-21(11-7-14)17(22)23/h3-5,13-14H,2,6-12,20H2,1H3,(H,22,23)/t18-/m1/s1. The molecule has 0 bridgehead atoms. The number of hydrogen-bond acceptors (Lipinski definition) is 3. The molecule has 1 fully saturated rings. The van der Waals surface area contributed by atoms with Crippen molar-refractivity contribution in [2.75, 3.05) is 26.2 Å². The molecule has 1 aliphatic heterocycles. The molecule has 0 aromatic heterocycles. The molecule has 6 heteroatoms. The van der Waals surface area contributed by atoms with Gasteiger partial charge in [0.05, 0.1) is 12.2 Å². The van der Waals surface area contributed by atoms with Crippen molar-refractivity contribution in [1.29, 1.82) is 0 Å². The number of benzene rings is 1. The van der Waals surface area contributed by atoms with Gasteiger partial charge >= 0.3 is 6.09 Å². The highest BCUT2D eigenvalue weighted by molar-refractivity contribution is 6.30. The maximum Gasteiger partial charge on any atom is 0.407 e. The third kappa shape index (κ3) is 4.21. The minimum absolute atomic E-state index is 0.248. The molecule has 134 valence electrons. The van der Waals surface area contributed by atoms with Crippen LogP contribution in [0, 0.1) is 5.92 Å². The van der Waals surface area contributed by atoms with E-state index in [0.29, 0.717) is 31.3 Å². The summed E-state index contributed by atoms with van der Waals surface area (Å²) in [5.74, 6) is 0.248. The normalized spacial score (nSPS) is 18.4. The molecule has 1 saturated heterocycles. The molecule has 1 aromatic rings. The molecule has 0 aliphatic carbocycles. The molecule has 2 rings (SSSR count). The first-order chi connectivity index (χ1) is 11.5. The Labute approximate surface area is 148 Å². The smallest absolute Gasteiger partial charge is 0.407 e. The van der Waals surface area contributed by atoms with E-state index in [4.69, 9.17) is 22.1 Å². The molecule has 24 heavy (non-hydrogen) atoms. The average molecular weight is 355 g/mol. The van der Waals surface area contributed by atoms with Crippen LogP contribution in [-0.2, 0) is 10.3 Å². The van der Waals surface area contributed by atoms with Crippen LogP contribution in [0.5, 0.6) is 0 Å². The number of likely N-dealkylation sites (tertiary alicyclic amines) is 1. The van der Waals surface area contributed by atoms with Crippen LogP contribution in [0.4, 0.5) is 4.79 Å². The SMILES string of the molecule is CCC[C@](OCCN)(c1cccc(Cl)c1)C1CCN(C(=O)O)CC1. The van der Waals surface area contributed by atoms with Crippen LogP contribution < -0.4 is 5.73 Å². The van der Waals surface area contributed by atoms with Crippen LogP contribution >= 0.6 is 11.6 Å². The fourth-order valence-corrected chi connectivity index (χ4v) is 3.95. The number of halogens is 1. The highest BCUT2D eigenvalue weighted by Crippen LogP contribution is 2.44. The van der Waals surface area contributed by atoms with Gasteiger partial charge in [0.2, 0.25) is 0 Å². The van der Waals surface area contributed by atoms with Gasteiger partial charge in [0.25, 0.3) is 0 Å². The Morgan fingerprint density at radius 3 is 2.71 bits per heavy atom. The van der Waals surface area contributed by atoms with E-state index in [9.17, 15) is 9.90 Å². The molecular formula is C18H27ClN2O3. The summed E-state index contributed by atoms with van der Waals surface area (Å²) in [5, 5.41) is 9.87. The predicted molar refractivity (Wildman–Crippen MR) is 95.4 cm³/mol. The van der Waals surface area contributed by atoms with Crippen LogP contribution in [0.1, 0.15) is 38.2 Å². The topological polar surface area (TPSA) is 75.8 Å². The van der Waals surface area contributed by atoms with E-state index in [1.165, 1.54) is 4.90 Å². The van der Waals surface area contributed by atoms with Crippen molar-refractivity contribution < 1.29 is 14.6 Å². The van der Waals surface area contributed by atoms with Gasteiger partial charge in [0.15, 0.2) is 0 Å². The Morgan fingerprint density at radius 2 is 2.17 bits per heavy atom. The van der Waals surface area contributed by atoms with Gasteiger partial charge in [0.1, 0.15) is 0 Å². The van der Waals surface area contributed by atoms with Gasteiger partial charge in [-0.15, -0.1) is 0 Å². The zero-order valence-corrected chi connectivity index (χ0v) is 15.0. The Balaban J connectivity index is 2.32. The van der Waals surface area contributed by atoms with Crippen molar-refractivity contribution >= 4 is 17.7 Å². The van der Waals surface area contributed by atoms with E-state index < -0.39 is 11.7 Å². The largest absolute Gasteiger partial charge is 0.465 e. The maximum atomic E-state index is 11.2. The quantitative estimate of drug-likeness (QED) is 0.782. The van der Waals surface area contributed by atoms with Crippen molar-refractivity contribution in [3.05, 3.63) is 34.9 Å². The third-order valence-corrected chi connectivity index (χ3v) is 5.07. The Kier molecular flexibility index (Phi) is 6.90. The lowest BCUT2D eigenvalue weighted by atomic mass is 9.73. The van der Waals surface area contributed by atoms with Crippen molar-refractivity contribution in [2.24, 2.45) is 11.7 Å². The summed E-state index contributed by atoms with van der Waals surface area (Å²) >= 11 is 6.22. The number of ether oxygens (including phenoxy) is 1. The van der Waals surface area contributed by atoms with E-state index in [1.807, 2.05) is 18.2 Å². The van der Waals surface area contributed by atoms with Crippen molar-refractivity contribution in [3.8, 4) is 0 Å². The first kappa shape index (κ1) is 19.0. The first-order valence-electron chi connectivity index (χ1n) is 8.61. The van der Waals surface area contributed by atoms with E-state index in [2.05, 4.69) is 13.0 Å². The van der Waals surface area contributed by atoms with E-state index in [-0.39, 0.29) is 5.92 Å². The zero-order valence-electron chi connectivity index (χ0n) is 14.2. The molecule has 0 saturated carbocycles. The molecule has 1 aromatic carbocycles. The number of nitrogens with two attached hydrogens (primary N) is 1. The van der Waals surface area contributed by atoms with Gasteiger partial charge < -0.3 is 20.5 Å². The highest BCUT2D eigenvalue weighted by Gasteiger charge is 2.42. The van der Waals surface area contributed by atoms with Gasteiger partial charge in [-0.25, -0.2) is 4.79 Å². The molecular weight excluding hydrogens is 328 g/mol. The van der Waals surface area contributed by atoms with Crippen LogP contribution in [0.3, 0.4) is 0 Å². The lowest BCUT2D eigenvalue weighted by molar-refractivity contribution is -0.110. The number of amides is 1. The summed E-state index contributed by atoms with van der Waals surface area (Å²) in [7, 11) is 0. The third-order valence-electron chi connectivity index (χ3n) is 4.84. The monoisotopic (exact) mass is 354 g/mol. The molecule has 1 heterocycles. The van der Waals surface area contributed by atoms with Gasteiger partial charge in [-0.2, -0.15) is 0 Å². The van der Waals surface area contributed by atoms with Gasteiger partial charge in [0, 0.05) is 24.7 Å². The molecule has 5 nitrogen and oxygen atoms in total. The van der Waals surface area contributed by atoms with Crippen LogP contribution in [-0.4, -0.2) is 42.3 Å². The second-order valence-electron chi connectivity index (χ2n) is 6.33. The molecule has 1 atom stereocenters. The van der Waals surface area contributed by atoms with Crippen LogP contribution in [0.25, 0.3) is 0 Å². The summed E-state index contributed by atoms with van der Waals surface area (Å²) in [6, 6.07) is 7.83. The van der Waals surface area contributed by atoms with Gasteiger partial charge in [-0.1, -0.05) is 37.1 Å². The highest BCUT2D eigenvalue weighted by atomic mass is 35.5. The Bertz CT molecular complexity index is 547. The lowest BCUT2D eigenvalue weighted by Gasteiger charge is -2.45. The number of rotatable bonds is 7. The summed E-state index contributed by atoms with van der Waals surface area (Å²) in [5.41, 5.74) is 6.31. The minimum atomic E-state index is -0.847. The van der Waals surface area contributed by atoms with Crippen molar-refractivity contribution in [3.63, 3.8) is 0 Å². The van der Waals surface area contributed by atoms with E-state index in [0.717, 1.165) is 31.2 Å². The second kappa shape index (κ2) is 8.70. The van der Waals surface area contributed by atoms with Gasteiger partial charge in [-0.05, 0) is 42.9 Å². The van der Waals surface area contributed by atoms with Gasteiger partial charge in [-0.3, -0.25) is 0 Å². The van der Waals surface area contributed by atoms with Crippen molar-refractivity contribution in [1.82, 2.24) is 4.90 Å². The summed E-state index contributed by atoms with van der Waals surface area (Å²) < 4.78 is 6.35. The molecule has 1 amide bonds. The number of carbonyl (C=O) groups is 1. The second-order valence-corrected chi connectivity index (χ2v) is 6.77. The molecule has 0 radical (unpaired) electrons. The number of piperidine rings is 1. The maximum absolute atomic E-state index is 11.2. The lowest BCUT2D eigenvalue weighted by Crippen LogP contribution is -2.47. The Morgan fingerprint density at radius 1 is 1.46 bits per heavy atom. The fraction of sp³-hybridized carbons (Fsp3) is 0.611. The minimum Gasteiger partial charge on any atom is -0.465 e. The number of nitrogens with zero attached hydrogens (tertiary/aromatic N) is 1. The number of carboxylic acid groups (broad SMARTS) is 1.